The maximum absolute atomic E-state index is 9.24. The van der Waals surface area contributed by atoms with E-state index in [1.54, 1.807) is 0 Å². The number of fused-ring (bicyclic) bond motifs is 3. The van der Waals surface area contributed by atoms with Crippen molar-refractivity contribution in [1.82, 2.24) is 20.2 Å². The van der Waals surface area contributed by atoms with Crippen LogP contribution in [0.25, 0.3) is 0 Å². The van der Waals surface area contributed by atoms with Gasteiger partial charge >= 0.3 is 6.01 Å². The Morgan fingerprint density at radius 2 is 2.15 bits per heavy atom. The Balaban J connectivity index is 1.33. The second-order valence-corrected chi connectivity index (χ2v) is 10.6. The number of likely N-dealkylation sites (N-methyl/N-ethyl adjacent to an activating group) is 1. The van der Waals surface area contributed by atoms with E-state index in [2.05, 4.69) is 52.5 Å². The molecule has 2 aromatic rings. The fraction of sp³-hybridized carbons (Fsp3) is 0.593. The van der Waals surface area contributed by atoms with Gasteiger partial charge < -0.3 is 19.9 Å². The average Bonchev–Trinajstić information content (AvgIpc) is 3.55. The summed E-state index contributed by atoms with van der Waals surface area (Å²) >= 11 is 0. The minimum atomic E-state index is 0.132. The first-order valence-corrected chi connectivity index (χ1v) is 12.8. The van der Waals surface area contributed by atoms with Crippen molar-refractivity contribution in [3.8, 4) is 12.1 Å². The molecule has 6 rings (SSSR count). The van der Waals surface area contributed by atoms with Gasteiger partial charge in [-0.2, -0.15) is 15.2 Å². The molecule has 0 amide bonds. The molecule has 4 aliphatic rings. The molecule has 1 spiro atoms. The molecule has 34 heavy (non-hydrogen) atoms. The number of likely N-dealkylation sites (tertiary alicyclic amines) is 1. The summed E-state index contributed by atoms with van der Waals surface area (Å²) in [4.78, 5) is 14.8. The molecule has 1 aromatic heterocycles. The number of aromatic nitrogens is 2. The summed E-state index contributed by atoms with van der Waals surface area (Å²) in [6.45, 7) is 4.32. The van der Waals surface area contributed by atoms with Crippen molar-refractivity contribution in [3.05, 3.63) is 46.6 Å². The first-order valence-electron chi connectivity index (χ1n) is 12.8. The molecule has 0 radical (unpaired) electrons. The van der Waals surface area contributed by atoms with Crippen molar-refractivity contribution in [2.75, 3.05) is 44.7 Å². The lowest BCUT2D eigenvalue weighted by atomic mass is 9.79. The zero-order chi connectivity index (χ0) is 23.1. The van der Waals surface area contributed by atoms with Crippen molar-refractivity contribution in [2.45, 2.75) is 62.4 Å². The molecule has 2 aliphatic carbocycles. The van der Waals surface area contributed by atoms with Gasteiger partial charge in [0.2, 0.25) is 0 Å². The summed E-state index contributed by atoms with van der Waals surface area (Å²) in [5.74, 6) is 1.03. The molecule has 2 fully saturated rings. The monoisotopic (exact) mass is 458 g/mol. The van der Waals surface area contributed by atoms with Gasteiger partial charge in [-0.3, -0.25) is 0 Å². The topological polar surface area (TPSA) is 77.3 Å². The van der Waals surface area contributed by atoms with E-state index in [1.165, 1.54) is 36.0 Å². The second-order valence-electron chi connectivity index (χ2n) is 10.6. The van der Waals surface area contributed by atoms with E-state index in [4.69, 9.17) is 14.7 Å². The molecule has 3 heterocycles. The van der Waals surface area contributed by atoms with Crippen LogP contribution in [-0.4, -0.2) is 66.8 Å². The number of anilines is 1. The quantitative estimate of drug-likeness (QED) is 0.738. The Morgan fingerprint density at radius 3 is 3.00 bits per heavy atom. The molecule has 3 atom stereocenters. The highest BCUT2D eigenvalue weighted by molar-refractivity contribution is 5.57. The largest absolute Gasteiger partial charge is 0.462 e. The smallest absolute Gasteiger partial charge is 0.318 e. The Bertz CT molecular complexity index is 1110. The summed E-state index contributed by atoms with van der Waals surface area (Å²) in [6, 6.07) is 12.4. The highest BCUT2D eigenvalue weighted by Gasteiger charge is 2.46. The van der Waals surface area contributed by atoms with Gasteiger partial charge in [0.25, 0.3) is 0 Å². The first-order chi connectivity index (χ1) is 16.6. The van der Waals surface area contributed by atoms with Crippen LogP contribution < -0.4 is 15.0 Å². The summed E-state index contributed by atoms with van der Waals surface area (Å²) < 4.78 is 6.25. The number of hydrogen-bond acceptors (Lipinski definition) is 7. The molecule has 0 saturated carbocycles. The molecular formula is C27H34N6O. The van der Waals surface area contributed by atoms with E-state index < -0.39 is 0 Å². The number of rotatable bonds is 5. The summed E-state index contributed by atoms with van der Waals surface area (Å²) in [7, 11) is 2.17. The molecule has 7 heteroatoms. The number of piperazine rings is 1. The van der Waals surface area contributed by atoms with Crippen LogP contribution in [0.3, 0.4) is 0 Å². The third-order valence-corrected chi connectivity index (χ3v) is 8.50. The minimum absolute atomic E-state index is 0.132. The Morgan fingerprint density at radius 1 is 1.24 bits per heavy atom. The van der Waals surface area contributed by atoms with Gasteiger partial charge in [0, 0.05) is 49.1 Å². The van der Waals surface area contributed by atoms with E-state index in [-0.39, 0.29) is 11.5 Å². The van der Waals surface area contributed by atoms with Gasteiger partial charge in [-0.1, -0.05) is 24.3 Å². The van der Waals surface area contributed by atoms with Gasteiger partial charge in [-0.05, 0) is 56.8 Å². The van der Waals surface area contributed by atoms with Crippen molar-refractivity contribution < 1.29 is 4.74 Å². The third-order valence-electron chi connectivity index (χ3n) is 8.50. The molecule has 7 nitrogen and oxygen atoms in total. The van der Waals surface area contributed by atoms with Crippen molar-refractivity contribution in [1.29, 1.82) is 5.26 Å². The van der Waals surface area contributed by atoms with E-state index >= 15 is 0 Å². The van der Waals surface area contributed by atoms with Crippen LogP contribution in [0.4, 0.5) is 5.82 Å². The van der Waals surface area contributed by atoms with Crippen LogP contribution in [0.15, 0.2) is 24.3 Å². The molecule has 1 unspecified atom stereocenters. The number of nitriles is 1. The maximum atomic E-state index is 9.24. The number of ether oxygens (including phenoxy) is 1. The predicted molar refractivity (Wildman–Crippen MR) is 131 cm³/mol. The van der Waals surface area contributed by atoms with Crippen LogP contribution in [-0.2, 0) is 24.7 Å². The van der Waals surface area contributed by atoms with Crippen LogP contribution in [0.5, 0.6) is 6.01 Å². The maximum Gasteiger partial charge on any atom is 0.318 e. The van der Waals surface area contributed by atoms with Crippen molar-refractivity contribution in [3.63, 3.8) is 0 Å². The van der Waals surface area contributed by atoms with Gasteiger partial charge in [0.15, 0.2) is 0 Å². The van der Waals surface area contributed by atoms with Crippen LogP contribution in [0.2, 0.25) is 0 Å². The SMILES string of the molecule is CN1CCC[C@H]1COc1nc2c(c(N3CCN[C@@H](CC#N)C3)n1)CC1(CCc3ccccc31)C2. The summed E-state index contributed by atoms with van der Waals surface area (Å²) in [5.41, 5.74) is 5.57. The van der Waals surface area contributed by atoms with Crippen molar-refractivity contribution in [2.24, 2.45) is 0 Å². The minimum Gasteiger partial charge on any atom is -0.462 e. The van der Waals surface area contributed by atoms with Gasteiger partial charge in [-0.25, -0.2) is 0 Å². The zero-order valence-corrected chi connectivity index (χ0v) is 20.1. The van der Waals surface area contributed by atoms with E-state index in [9.17, 15) is 5.26 Å². The Kier molecular flexibility index (Phi) is 5.66. The number of aryl methyl sites for hydroxylation is 1. The normalized spacial score (nSPS) is 28.2. The number of nitrogens with zero attached hydrogens (tertiary/aromatic N) is 5. The highest BCUT2D eigenvalue weighted by atomic mass is 16.5. The molecule has 1 aromatic carbocycles. The lowest BCUT2D eigenvalue weighted by Gasteiger charge is -2.35. The standard InChI is InChI=1S/C27H34N6O/c1-32-13-4-6-21(32)18-34-26-30-24-16-27(10-8-19-5-2-3-7-23(19)27)15-22(24)25(31-26)33-14-12-29-20(17-33)9-11-28/h2-3,5,7,20-21,29H,4,6,8-10,12-18H2,1H3/t20-,21-,27?/m0/s1. The van der Waals surface area contributed by atoms with Crippen LogP contribution in [0, 0.1) is 11.3 Å². The fourth-order valence-corrected chi connectivity index (χ4v) is 6.63. The highest BCUT2D eigenvalue weighted by Crippen LogP contribution is 2.50. The molecule has 178 valence electrons. The molecular weight excluding hydrogens is 424 g/mol. The fourth-order valence-electron chi connectivity index (χ4n) is 6.63. The molecule has 2 saturated heterocycles. The van der Waals surface area contributed by atoms with Gasteiger partial charge in [0.05, 0.1) is 18.2 Å². The lowest BCUT2D eigenvalue weighted by Crippen LogP contribution is -2.51. The number of nitrogens with one attached hydrogen (secondary N) is 1. The first kappa shape index (κ1) is 21.8. The van der Waals surface area contributed by atoms with E-state index in [0.29, 0.717) is 25.1 Å². The van der Waals surface area contributed by atoms with Crippen molar-refractivity contribution >= 4 is 5.82 Å². The van der Waals surface area contributed by atoms with E-state index in [0.717, 1.165) is 57.0 Å². The number of hydrogen-bond donors (Lipinski definition) is 1. The molecule has 2 aliphatic heterocycles. The Labute approximate surface area is 202 Å². The average molecular weight is 459 g/mol. The van der Waals surface area contributed by atoms with E-state index in [1.807, 2.05) is 0 Å². The summed E-state index contributed by atoms with van der Waals surface area (Å²) in [6.07, 6.45) is 7.17. The summed E-state index contributed by atoms with van der Waals surface area (Å²) in [5, 5.41) is 12.7. The lowest BCUT2D eigenvalue weighted by molar-refractivity contribution is 0.187. The second kappa shape index (κ2) is 8.83. The zero-order valence-electron chi connectivity index (χ0n) is 20.1. The third kappa shape index (κ3) is 3.83. The molecule has 0 bridgehead atoms. The predicted octanol–water partition coefficient (Wildman–Crippen LogP) is 2.62. The number of benzene rings is 1. The molecule has 1 N–H and O–H groups in total. The van der Waals surface area contributed by atoms with Crippen LogP contribution in [0.1, 0.15) is 48.1 Å². The van der Waals surface area contributed by atoms with Crippen LogP contribution >= 0.6 is 0 Å². The van der Waals surface area contributed by atoms with Gasteiger partial charge in [0.1, 0.15) is 12.4 Å². The van der Waals surface area contributed by atoms with Gasteiger partial charge in [-0.15, -0.1) is 0 Å². The Hall–Kier alpha value is -2.69.